The largest absolute Gasteiger partial charge is 0.351 e. The third kappa shape index (κ3) is 1.45. The van der Waals surface area contributed by atoms with Gasteiger partial charge in [-0.05, 0) is 6.92 Å². The van der Waals surface area contributed by atoms with Crippen molar-refractivity contribution in [3.05, 3.63) is 0 Å². The van der Waals surface area contributed by atoms with Crippen molar-refractivity contribution >= 4 is 16.9 Å². The summed E-state index contributed by atoms with van der Waals surface area (Å²) in [7, 11) is 1.86. The molecule has 0 amide bonds. The average Bonchev–Trinajstić information content (AvgIpc) is 2.30. The van der Waals surface area contributed by atoms with Gasteiger partial charge in [0.2, 0.25) is 0 Å². The van der Waals surface area contributed by atoms with Crippen molar-refractivity contribution in [2.45, 2.75) is 19.1 Å². The Morgan fingerprint density at radius 1 is 1.80 bits per heavy atom. The highest BCUT2D eigenvalue weighted by atomic mass is 32.2. The first-order chi connectivity index (χ1) is 4.77. The summed E-state index contributed by atoms with van der Waals surface area (Å²) in [5.74, 6) is 0. The van der Waals surface area contributed by atoms with E-state index in [1.165, 1.54) is 5.17 Å². The Bertz CT molecular complexity index is 145. The molecule has 0 radical (unpaired) electrons. The zero-order valence-corrected chi connectivity index (χ0v) is 7.61. The molecule has 1 heterocycles. The van der Waals surface area contributed by atoms with Crippen molar-refractivity contribution < 1.29 is 0 Å². The van der Waals surface area contributed by atoms with Crippen molar-refractivity contribution in [2.24, 2.45) is 4.99 Å². The summed E-state index contributed by atoms with van der Waals surface area (Å²) in [6.07, 6.45) is 0. The highest BCUT2D eigenvalue weighted by Crippen LogP contribution is 2.24. The Morgan fingerprint density at radius 2 is 2.50 bits per heavy atom. The summed E-state index contributed by atoms with van der Waals surface area (Å²) < 4.78 is 0. The average molecular weight is 158 g/mol. The number of aliphatic imine (C=N–C) groups is 1. The summed E-state index contributed by atoms with van der Waals surface area (Å²) >= 11 is 1.87. The fraction of sp³-hybridized carbons (Fsp3) is 0.857. The van der Waals surface area contributed by atoms with Crippen LogP contribution in [0.1, 0.15) is 13.8 Å². The number of hydrogen-bond donors (Lipinski definition) is 0. The Hall–Kier alpha value is -0.180. The van der Waals surface area contributed by atoms with E-state index in [9.17, 15) is 0 Å². The molecule has 0 aromatic rings. The van der Waals surface area contributed by atoms with E-state index in [2.05, 4.69) is 23.7 Å². The van der Waals surface area contributed by atoms with E-state index in [0.29, 0.717) is 0 Å². The molecule has 1 unspecified atom stereocenters. The Morgan fingerprint density at radius 3 is 2.90 bits per heavy atom. The second-order valence-corrected chi connectivity index (χ2v) is 3.88. The molecular weight excluding hydrogens is 144 g/mol. The molecule has 58 valence electrons. The summed E-state index contributed by atoms with van der Waals surface area (Å²) in [5.41, 5.74) is 0. The molecule has 0 aliphatic carbocycles. The molecule has 1 atom stereocenters. The maximum absolute atomic E-state index is 4.20. The first kappa shape index (κ1) is 7.92. The highest BCUT2D eigenvalue weighted by molar-refractivity contribution is 8.14. The lowest BCUT2D eigenvalue weighted by molar-refractivity contribution is 0.465. The first-order valence-electron chi connectivity index (χ1n) is 3.66. The standard InChI is InChI=1S/C7H14N2S/c1-4-9-5-6(2)10-7(9)8-3/h6H,4-5H2,1-3H3. The van der Waals surface area contributed by atoms with Crippen LogP contribution in [-0.4, -0.2) is 35.5 Å². The maximum atomic E-state index is 4.20. The predicted molar refractivity (Wildman–Crippen MR) is 47.7 cm³/mol. The van der Waals surface area contributed by atoms with Gasteiger partial charge in [-0.1, -0.05) is 18.7 Å². The van der Waals surface area contributed by atoms with E-state index in [1.54, 1.807) is 0 Å². The van der Waals surface area contributed by atoms with E-state index in [1.807, 2.05) is 18.8 Å². The molecule has 0 bridgehead atoms. The van der Waals surface area contributed by atoms with Crippen molar-refractivity contribution in [3.63, 3.8) is 0 Å². The minimum Gasteiger partial charge on any atom is -0.351 e. The lowest BCUT2D eigenvalue weighted by Gasteiger charge is -2.13. The molecule has 1 saturated heterocycles. The normalized spacial score (nSPS) is 30.1. The van der Waals surface area contributed by atoms with Crippen molar-refractivity contribution in [1.82, 2.24) is 4.90 Å². The zero-order chi connectivity index (χ0) is 7.56. The number of amidine groups is 1. The lowest BCUT2D eigenvalue weighted by atomic mass is 10.4. The van der Waals surface area contributed by atoms with E-state index in [-0.39, 0.29) is 0 Å². The smallest absolute Gasteiger partial charge is 0.159 e. The van der Waals surface area contributed by atoms with Crippen LogP contribution in [0.5, 0.6) is 0 Å². The summed E-state index contributed by atoms with van der Waals surface area (Å²) in [4.78, 5) is 6.51. The van der Waals surface area contributed by atoms with Crippen LogP contribution in [0.25, 0.3) is 0 Å². The molecule has 0 aromatic carbocycles. The highest BCUT2D eigenvalue weighted by Gasteiger charge is 2.22. The summed E-state index contributed by atoms with van der Waals surface area (Å²) in [5, 5.41) is 1.92. The van der Waals surface area contributed by atoms with Gasteiger partial charge in [-0.25, -0.2) is 0 Å². The fourth-order valence-corrected chi connectivity index (χ4v) is 2.21. The SMILES string of the molecule is CCN1CC(C)SC1=NC. The molecule has 1 aliphatic heterocycles. The molecule has 1 aliphatic rings. The second kappa shape index (κ2) is 3.28. The molecule has 1 rings (SSSR count). The zero-order valence-electron chi connectivity index (χ0n) is 6.79. The van der Waals surface area contributed by atoms with Crippen LogP contribution in [0.3, 0.4) is 0 Å². The molecule has 0 saturated carbocycles. The van der Waals surface area contributed by atoms with Gasteiger partial charge in [0, 0.05) is 25.4 Å². The van der Waals surface area contributed by atoms with Crippen molar-refractivity contribution in [2.75, 3.05) is 20.1 Å². The maximum Gasteiger partial charge on any atom is 0.159 e. The third-order valence-electron chi connectivity index (χ3n) is 1.63. The van der Waals surface area contributed by atoms with Gasteiger partial charge in [-0.3, -0.25) is 4.99 Å². The molecule has 1 fully saturated rings. The van der Waals surface area contributed by atoms with Gasteiger partial charge in [0.1, 0.15) is 0 Å². The molecule has 0 N–H and O–H groups in total. The summed E-state index contributed by atoms with van der Waals surface area (Å²) in [6, 6.07) is 0. The Labute approximate surface area is 66.7 Å². The molecule has 10 heavy (non-hydrogen) atoms. The van der Waals surface area contributed by atoms with Gasteiger partial charge < -0.3 is 4.90 Å². The van der Waals surface area contributed by atoms with Gasteiger partial charge in [0.05, 0.1) is 0 Å². The van der Waals surface area contributed by atoms with Gasteiger partial charge in [-0.2, -0.15) is 0 Å². The van der Waals surface area contributed by atoms with E-state index in [0.717, 1.165) is 18.3 Å². The summed E-state index contributed by atoms with van der Waals surface area (Å²) in [6.45, 7) is 6.66. The number of nitrogens with zero attached hydrogens (tertiary/aromatic N) is 2. The molecule has 0 spiro atoms. The Kier molecular flexibility index (Phi) is 2.60. The first-order valence-corrected chi connectivity index (χ1v) is 4.54. The van der Waals surface area contributed by atoms with Crippen LogP contribution in [0.15, 0.2) is 4.99 Å². The fourth-order valence-electron chi connectivity index (χ4n) is 1.14. The number of thioether (sulfide) groups is 1. The van der Waals surface area contributed by atoms with Gasteiger partial charge in [-0.15, -0.1) is 0 Å². The molecule has 2 nitrogen and oxygen atoms in total. The quantitative estimate of drug-likeness (QED) is 0.573. The molecular formula is C7H14N2S. The topological polar surface area (TPSA) is 15.6 Å². The van der Waals surface area contributed by atoms with Gasteiger partial charge in [0.15, 0.2) is 5.17 Å². The number of rotatable bonds is 1. The van der Waals surface area contributed by atoms with E-state index in [4.69, 9.17) is 0 Å². The van der Waals surface area contributed by atoms with Crippen molar-refractivity contribution in [1.29, 1.82) is 0 Å². The molecule has 3 heteroatoms. The van der Waals surface area contributed by atoms with Crippen LogP contribution in [0.4, 0.5) is 0 Å². The van der Waals surface area contributed by atoms with Crippen LogP contribution in [0, 0.1) is 0 Å². The Balaban J connectivity index is 2.58. The van der Waals surface area contributed by atoms with Crippen LogP contribution < -0.4 is 0 Å². The third-order valence-corrected chi connectivity index (χ3v) is 2.83. The lowest BCUT2D eigenvalue weighted by Crippen LogP contribution is -2.24. The van der Waals surface area contributed by atoms with Crippen LogP contribution in [0.2, 0.25) is 0 Å². The molecule has 0 aromatic heterocycles. The van der Waals surface area contributed by atoms with Crippen molar-refractivity contribution in [3.8, 4) is 0 Å². The van der Waals surface area contributed by atoms with E-state index < -0.39 is 0 Å². The van der Waals surface area contributed by atoms with Gasteiger partial charge >= 0.3 is 0 Å². The number of hydrogen-bond acceptors (Lipinski definition) is 2. The monoisotopic (exact) mass is 158 g/mol. The minimum absolute atomic E-state index is 0.721. The second-order valence-electron chi connectivity index (χ2n) is 2.47. The van der Waals surface area contributed by atoms with Crippen LogP contribution >= 0.6 is 11.8 Å². The predicted octanol–water partition coefficient (Wildman–Crippen LogP) is 1.43. The van der Waals surface area contributed by atoms with E-state index >= 15 is 0 Å². The van der Waals surface area contributed by atoms with Gasteiger partial charge in [0.25, 0.3) is 0 Å². The minimum atomic E-state index is 0.721. The van der Waals surface area contributed by atoms with Crippen LogP contribution in [-0.2, 0) is 0 Å².